The predicted octanol–water partition coefficient (Wildman–Crippen LogP) is 2.13. The van der Waals surface area contributed by atoms with E-state index < -0.39 is 0 Å². The lowest BCUT2D eigenvalue weighted by Crippen LogP contribution is -2.17. The number of aryl methyl sites for hydroxylation is 1. The Morgan fingerprint density at radius 3 is 2.33 bits per heavy atom. The van der Waals surface area contributed by atoms with Crippen LogP contribution >= 0.6 is 0 Å². The largest absolute Gasteiger partial charge is 0.411 e. The molecule has 15 heavy (non-hydrogen) atoms. The van der Waals surface area contributed by atoms with Gasteiger partial charge in [-0.05, 0) is 26.6 Å². The molecule has 3 heteroatoms. The molecule has 82 valence electrons. The third kappa shape index (κ3) is 3.72. The number of hydrogen-bond donors (Lipinski definition) is 1. The van der Waals surface area contributed by atoms with E-state index in [9.17, 15) is 0 Å². The lowest BCUT2D eigenvalue weighted by molar-refractivity contribution is 0.316. The van der Waals surface area contributed by atoms with Crippen molar-refractivity contribution in [1.29, 1.82) is 0 Å². The van der Waals surface area contributed by atoms with Gasteiger partial charge in [0, 0.05) is 13.0 Å². The average Bonchev–Trinajstić information content (AvgIpc) is 2.21. The van der Waals surface area contributed by atoms with Crippen molar-refractivity contribution in [3.05, 3.63) is 35.4 Å². The lowest BCUT2D eigenvalue weighted by Gasteiger charge is -2.10. The SMILES string of the molecule is Cc1ccc(C(CCN(C)C)=NO)cc1. The van der Waals surface area contributed by atoms with E-state index in [0.717, 1.165) is 24.2 Å². The van der Waals surface area contributed by atoms with Crippen molar-refractivity contribution in [1.82, 2.24) is 4.90 Å². The Morgan fingerprint density at radius 2 is 1.87 bits per heavy atom. The molecule has 0 saturated heterocycles. The molecule has 0 radical (unpaired) electrons. The van der Waals surface area contributed by atoms with Crippen LogP contribution in [0.3, 0.4) is 0 Å². The van der Waals surface area contributed by atoms with Crippen molar-refractivity contribution in [2.24, 2.45) is 5.16 Å². The molecular weight excluding hydrogens is 188 g/mol. The van der Waals surface area contributed by atoms with Crippen LogP contribution in [0.25, 0.3) is 0 Å². The van der Waals surface area contributed by atoms with Crippen LogP contribution in [0.1, 0.15) is 17.5 Å². The summed E-state index contributed by atoms with van der Waals surface area (Å²) in [4.78, 5) is 2.07. The molecule has 0 aliphatic heterocycles. The van der Waals surface area contributed by atoms with Crippen LogP contribution in [0, 0.1) is 6.92 Å². The second kappa shape index (κ2) is 5.51. The summed E-state index contributed by atoms with van der Waals surface area (Å²) in [5.41, 5.74) is 2.94. The highest BCUT2D eigenvalue weighted by molar-refractivity contribution is 6.00. The predicted molar refractivity (Wildman–Crippen MR) is 62.7 cm³/mol. The molecule has 0 atom stereocenters. The molecule has 1 rings (SSSR count). The van der Waals surface area contributed by atoms with E-state index in [2.05, 4.69) is 10.1 Å². The van der Waals surface area contributed by atoms with Gasteiger partial charge in [-0.2, -0.15) is 0 Å². The number of rotatable bonds is 4. The van der Waals surface area contributed by atoms with Gasteiger partial charge in [0.15, 0.2) is 0 Å². The summed E-state index contributed by atoms with van der Waals surface area (Å²) in [6.45, 7) is 2.92. The second-order valence-electron chi connectivity index (χ2n) is 3.97. The van der Waals surface area contributed by atoms with E-state index >= 15 is 0 Å². The summed E-state index contributed by atoms with van der Waals surface area (Å²) in [6.07, 6.45) is 0.757. The number of hydrogen-bond acceptors (Lipinski definition) is 3. The molecule has 0 saturated carbocycles. The maximum Gasteiger partial charge on any atom is 0.0880 e. The van der Waals surface area contributed by atoms with Gasteiger partial charge in [0.1, 0.15) is 0 Å². The first-order chi connectivity index (χ1) is 7.13. The maximum absolute atomic E-state index is 8.93. The van der Waals surface area contributed by atoms with Crippen molar-refractivity contribution in [2.75, 3.05) is 20.6 Å². The fourth-order valence-corrected chi connectivity index (χ4v) is 1.33. The minimum absolute atomic E-state index is 0.740. The lowest BCUT2D eigenvalue weighted by atomic mass is 10.1. The Morgan fingerprint density at radius 1 is 1.27 bits per heavy atom. The van der Waals surface area contributed by atoms with Gasteiger partial charge < -0.3 is 10.1 Å². The normalized spacial score (nSPS) is 12.1. The molecule has 1 aromatic rings. The fourth-order valence-electron chi connectivity index (χ4n) is 1.33. The van der Waals surface area contributed by atoms with E-state index in [1.165, 1.54) is 5.56 Å². The average molecular weight is 206 g/mol. The molecule has 0 spiro atoms. The first kappa shape index (κ1) is 11.7. The summed E-state index contributed by atoms with van der Waals surface area (Å²) < 4.78 is 0. The molecule has 0 unspecified atom stereocenters. The monoisotopic (exact) mass is 206 g/mol. The molecule has 0 aliphatic rings. The molecule has 0 aromatic heterocycles. The third-order valence-corrected chi connectivity index (χ3v) is 2.30. The van der Waals surface area contributed by atoms with E-state index in [-0.39, 0.29) is 0 Å². The first-order valence-electron chi connectivity index (χ1n) is 5.06. The highest BCUT2D eigenvalue weighted by Gasteiger charge is 2.04. The Bertz CT molecular complexity index is 328. The van der Waals surface area contributed by atoms with Crippen molar-refractivity contribution in [2.45, 2.75) is 13.3 Å². The zero-order chi connectivity index (χ0) is 11.3. The van der Waals surface area contributed by atoms with Crippen LogP contribution in [0.5, 0.6) is 0 Å². The summed E-state index contributed by atoms with van der Waals surface area (Å²) in [5, 5.41) is 12.3. The van der Waals surface area contributed by atoms with E-state index in [0.29, 0.717) is 0 Å². The summed E-state index contributed by atoms with van der Waals surface area (Å²) in [5.74, 6) is 0. The van der Waals surface area contributed by atoms with Crippen molar-refractivity contribution >= 4 is 5.71 Å². The topological polar surface area (TPSA) is 35.8 Å². The van der Waals surface area contributed by atoms with Gasteiger partial charge in [-0.1, -0.05) is 35.0 Å². The molecule has 1 N–H and O–H groups in total. The fraction of sp³-hybridized carbons (Fsp3) is 0.417. The quantitative estimate of drug-likeness (QED) is 0.465. The summed E-state index contributed by atoms with van der Waals surface area (Å²) in [7, 11) is 4.01. The van der Waals surface area contributed by atoms with Crippen molar-refractivity contribution < 1.29 is 5.21 Å². The van der Waals surface area contributed by atoms with Gasteiger partial charge in [-0.3, -0.25) is 0 Å². The Balaban J connectivity index is 2.71. The number of oxime groups is 1. The molecule has 0 amide bonds. The zero-order valence-electron chi connectivity index (χ0n) is 9.57. The molecule has 1 aromatic carbocycles. The Labute approximate surface area is 91.0 Å². The molecule has 0 fully saturated rings. The second-order valence-corrected chi connectivity index (χ2v) is 3.97. The minimum atomic E-state index is 0.740. The summed E-state index contributed by atoms with van der Waals surface area (Å²) in [6, 6.07) is 8.02. The van der Waals surface area contributed by atoms with Gasteiger partial charge >= 0.3 is 0 Å². The van der Waals surface area contributed by atoms with Gasteiger partial charge in [0.2, 0.25) is 0 Å². The molecule has 0 aliphatic carbocycles. The Kier molecular flexibility index (Phi) is 4.31. The van der Waals surface area contributed by atoms with Crippen molar-refractivity contribution in [3.63, 3.8) is 0 Å². The number of benzene rings is 1. The van der Waals surface area contributed by atoms with Crippen LogP contribution in [0.4, 0.5) is 0 Å². The van der Waals surface area contributed by atoms with Crippen molar-refractivity contribution in [3.8, 4) is 0 Å². The van der Waals surface area contributed by atoms with Gasteiger partial charge in [0.25, 0.3) is 0 Å². The minimum Gasteiger partial charge on any atom is -0.411 e. The van der Waals surface area contributed by atoms with Gasteiger partial charge in [-0.15, -0.1) is 0 Å². The standard InChI is InChI=1S/C12H18N2O/c1-10-4-6-11(7-5-10)12(13-15)8-9-14(2)3/h4-7,15H,8-9H2,1-3H3. The summed E-state index contributed by atoms with van der Waals surface area (Å²) >= 11 is 0. The highest BCUT2D eigenvalue weighted by Crippen LogP contribution is 2.07. The van der Waals surface area contributed by atoms with Crippen LogP contribution in [-0.2, 0) is 0 Å². The van der Waals surface area contributed by atoms with Gasteiger partial charge in [-0.25, -0.2) is 0 Å². The van der Waals surface area contributed by atoms with E-state index in [1.54, 1.807) is 0 Å². The molecule has 0 heterocycles. The van der Waals surface area contributed by atoms with Crippen LogP contribution < -0.4 is 0 Å². The van der Waals surface area contributed by atoms with Crippen LogP contribution in [0.2, 0.25) is 0 Å². The Hall–Kier alpha value is -1.35. The van der Waals surface area contributed by atoms with E-state index in [4.69, 9.17) is 5.21 Å². The molecular formula is C12H18N2O. The highest BCUT2D eigenvalue weighted by atomic mass is 16.4. The molecule has 3 nitrogen and oxygen atoms in total. The third-order valence-electron chi connectivity index (χ3n) is 2.30. The zero-order valence-corrected chi connectivity index (χ0v) is 9.57. The van der Waals surface area contributed by atoms with Crippen LogP contribution in [0.15, 0.2) is 29.4 Å². The number of nitrogens with zero attached hydrogens (tertiary/aromatic N) is 2. The van der Waals surface area contributed by atoms with Gasteiger partial charge in [0.05, 0.1) is 5.71 Å². The smallest absolute Gasteiger partial charge is 0.0880 e. The van der Waals surface area contributed by atoms with E-state index in [1.807, 2.05) is 45.3 Å². The maximum atomic E-state index is 8.93. The van der Waals surface area contributed by atoms with Crippen LogP contribution in [-0.4, -0.2) is 36.5 Å². The molecule has 0 bridgehead atoms. The first-order valence-corrected chi connectivity index (χ1v) is 5.06.